The van der Waals surface area contributed by atoms with E-state index in [0.717, 1.165) is 12.1 Å². The first-order chi connectivity index (χ1) is 8.97. The second-order valence-electron chi connectivity index (χ2n) is 3.75. The van der Waals surface area contributed by atoms with E-state index in [-0.39, 0.29) is 11.3 Å². The van der Waals surface area contributed by atoms with Crippen LogP contribution in [0.3, 0.4) is 0 Å². The molecule has 0 aromatic heterocycles. The van der Waals surface area contributed by atoms with Gasteiger partial charge in [-0.25, -0.2) is 13.6 Å². The second-order valence-corrected chi connectivity index (χ2v) is 4.60. The van der Waals surface area contributed by atoms with Crippen LogP contribution >= 0.6 is 15.9 Å². The van der Waals surface area contributed by atoms with E-state index in [4.69, 9.17) is 5.11 Å². The molecule has 0 heterocycles. The van der Waals surface area contributed by atoms with Gasteiger partial charge < -0.3 is 10.4 Å². The van der Waals surface area contributed by atoms with Crippen LogP contribution in [0.2, 0.25) is 0 Å². The summed E-state index contributed by atoms with van der Waals surface area (Å²) < 4.78 is 26.6. The van der Waals surface area contributed by atoms with Crippen molar-refractivity contribution in [1.29, 1.82) is 0 Å². The van der Waals surface area contributed by atoms with Gasteiger partial charge in [-0.1, -0.05) is 0 Å². The molecule has 3 nitrogen and oxygen atoms in total. The summed E-state index contributed by atoms with van der Waals surface area (Å²) in [6, 6.07) is 7.59. The average Bonchev–Trinajstić information content (AvgIpc) is 2.36. The molecule has 0 saturated carbocycles. The van der Waals surface area contributed by atoms with Crippen LogP contribution in [-0.4, -0.2) is 11.1 Å². The van der Waals surface area contributed by atoms with Crippen molar-refractivity contribution < 1.29 is 18.7 Å². The van der Waals surface area contributed by atoms with Crippen molar-refractivity contribution in [2.45, 2.75) is 0 Å². The summed E-state index contributed by atoms with van der Waals surface area (Å²) in [7, 11) is 0. The Hall–Kier alpha value is -1.95. The highest BCUT2D eigenvalue weighted by Gasteiger charge is 2.12. The smallest absolute Gasteiger partial charge is 0.337 e. The number of halogens is 3. The van der Waals surface area contributed by atoms with E-state index < -0.39 is 17.6 Å². The van der Waals surface area contributed by atoms with Crippen molar-refractivity contribution in [3.8, 4) is 0 Å². The van der Waals surface area contributed by atoms with Gasteiger partial charge in [-0.3, -0.25) is 0 Å². The highest BCUT2D eigenvalue weighted by Crippen LogP contribution is 2.25. The van der Waals surface area contributed by atoms with Gasteiger partial charge in [-0.15, -0.1) is 0 Å². The summed E-state index contributed by atoms with van der Waals surface area (Å²) in [6.07, 6.45) is 0. The maximum atomic E-state index is 13.3. The average molecular weight is 328 g/mol. The molecule has 0 fully saturated rings. The molecular formula is C13H8BrF2NO2. The van der Waals surface area contributed by atoms with Crippen molar-refractivity contribution in [3.05, 3.63) is 58.1 Å². The summed E-state index contributed by atoms with van der Waals surface area (Å²) in [5, 5.41) is 11.7. The van der Waals surface area contributed by atoms with Gasteiger partial charge in [0.2, 0.25) is 0 Å². The second kappa shape index (κ2) is 5.36. The summed E-state index contributed by atoms with van der Waals surface area (Å²) in [4.78, 5) is 11.0. The van der Waals surface area contributed by atoms with Gasteiger partial charge in [0.25, 0.3) is 0 Å². The number of carboxylic acid groups (broad SMARTS) is 1. The first-order valence-electron chi connectivity index (χ1n) is 5.22. The normalized spacial score (nSPS) is 10.3. The number of anilines is 2. The minimum absolute atomic E-state index is 0.190. The predicted molar refractivity (Wildman–Crippen MR) is 70.7 cm³/mol. The van der Waals surface area contributed by atoms with E-state index in [9.17, 15) is 13.6 Å². The molecule has 6 heteroatoms. The Labute approximate surface area is 116 Å². The first kappa shape index (κ1) is 13.5. The molecule has 0 radical (unpaired) electrons. The molecule has 0 spiro atoms. The van der Waals surface area contributed by atoms with Crippen molar-refractivity contribution in [2.75, 3.05) is 5.32 Å². The Morgan fingerprint density at radius 1 is 1.16 bits per heavy atom. The molecule has 2 rings (SSSR count). The molecule has 0 bridgehead atoms. The molecule has 0 saturated heterocycles. The number of rotatable bonds is 3. The third-order valence-electron chi connectivity index (χ3n) is 2.41. The fraction of sp³-hybridized carbons (Fsp3) is 0. The zero-order valence-corrected chi connectivity index (χ0v) is 11.0. The molecule has 0 aliphatic heterocycles. The Kier molecular flexibility index (Phi) is 3.80. The molecule has 0 unspecified atom stereocenters. The number of benzene rings is 2. The lowest BCUT2D eigenvalue weighted by molar-refractivity contribution is 0.0697. The third kappa shape index (κ3) is 3.08. The fourth-order valence-corrected chi connectivity index (χ4v) is 1.78. The monoisotopic (exact) mass is 327 g/mol. The van der Waals surface area contributed by atoms with Crippen LogP contribution in [0.25, 0.3) is 0 Å². The zero-order valence-electron chi connectivity index (χ0n) is 9.45. The SMILES string of the molecule is O=C(O)c1cc(F)ccc1Nc1ccc(Br)c(F)c1. The maximum Gasteiger partial charge on any atom is 0.337 e. The molecule has 0 aliphatic rings. The highest BCUT2D eigenvalue weighted by atomic mass is 79.9. The topological polar surface area (TPSA) is 49.3 Å². The Morgan fingerprint density at radius 3 is 2.53 bits per heavy atom. The van der Waals surface area contributed by atoms with Crippen molar-refractivity contribution in [2.24, 2.45) is 0 Å². The van der Waals surface area contributed by atoms with Gasteiger partial charge in [0.1, 0.15) is 11.6 Å². The summed E-state index contributed by atoms with van der Waals surface area (Å²) in [5.41, 5.74) is 0.341. The van der Waals surface area contributed by atoms with E-state index in [1.54, 1.807) is 6.07 Å². The molecule has 2 aromatic rings. The van der Waals surface area contributed by atoms with Gasteiger partial charge >= 0.3 is 5.97 Å². The van der Waals surface area contributed by atoms with E-state index in [0.29, 0.717) is 10.2 Å². The fourth-order valence-electron chi connectivity index (χ4n) is 1.53. The van der Waals surface area contributed by atoms with Crippen LogP contribution in [0.4, 0.5) is 20.2 Å². The molecule has 19 heavy (non-hydrogen) atoms. The summed E-state index contributed by atoms with van der Waals surface area (Å²) >= 11 is 3.02. The van der Waals surface area contributed by atoms with E-state index in [1.165, 1.54) is 18.2 Å². The maximum absolute atomic E-state index is 13.3. The van der Waals surface area contributed by atoms with E-state index in [2.05, 4.69) is 21.2 Å². The largest absolute Gasteiger partial charge is 0.478 e. The minimum atomic E-state index is -1.26. The van der Waals surface area contributed by atoms with Gasteiger partial charge in [0, 0.05) is 5.69 Å². The lowest BCUT2D eigenvalue weighted by Crippen LogP contribution is -2.03. The van der Waals surface area contributed by atoms with Crippen LogP contribution in [-0.2, 0) is 0 Å². The van der Waals surface area contributed by atoms with Crippen molar-refractivity contribution >= 4 is 33.3 Å². The lowest BCUT2D eigenvalue weighted by atomic mass is 10.1. The predicted octanol–water partition coefficient (Wildman–Crippen LogP) is 4.17. The first-order valence-corrected chi connectivity index (χ1v) is 6.01. The minimum Gasteiger partial charge on any atom is -0.478 e. The van der Waals surface area contributed by atoms with Crippen LogP contribution in [0.1, 0.15) is 10.4 Å². The zero-order chi connectivity index (χ0) is 14.0. The number of hydrogen-bond acceptors (Lipinski definition) is 2. The van der Waals surface area contributed by atoms with Gasteiger partial charge in [-0.2, -0.15) is 0 Å². The van der Waals surface area contributed by atoms with Crippen molar-refractivity contribution in [3.63, 3.8) is 0 Å². The number of aromatic carboxylic acids is 1. The lowest BCUT2D eigenvalue weighted by Gasteiger charge is -2.10. The van der Waals surface area contributed by atoms with E-state index >= 15 is 0 Å². The van der Waals surface area contributed by atoms with Crippen molar-refractivity contribution in [1.82, 2.24) is 0 Å². The van der Waals surface area contributed by atoms with Gasteiger partial charge in [0.15, 0.2) is 0 Å². The standard InChI is InChI=1S/C13H8BrF2NO2/c14-10-3-2-8(6-11(10)16)17-12-4-1-7(15)5-9(12)13(18)19/h1-6,17H,(H,18,19). The molecule has 2 aromatic carbocycles. The van der Waals surface area contributed by atoms with Crippen LogP contribution in [0.15, 0.2) is 40.9 Å². The molecule has 2 N–H and O–H groups in total. The van der Waals surface area contributed by atoms with Crippen LogP contribution in [0, 0.1) is 11.6 Å². The quantitative estimate of drug-likeness (QED) is 0.889. The Balaban J connectivity index is 2.37. The highest BCUT2D eigenvalue weighted by molar-refractivity contribution is 9.10. The molecule has 0 amide bonds. The summed E-state index contributed by atoms with van der Waals surface area (Å²) in [6.45, 7) is 0. The number of carboxylic acids is 1. The van der Waals surface area contributed by atoms with Crippen LogP contribution in [0.5, 0.6) is 0 Å². The number of hydrogen-bond donors (Lipinski definition) is 2. The molecule has 0 aliphatic carbocycles. The number of carbonyl (C=O) groups is 1. The van der Waals surface area contributed by atoms with E-state index in [1.807, 2.05) is 0 Å². The Bertz CT molecular complexity index is 647. The molecular weight excluding hydrogens is 320 g/mol. The summed E-state index contributed by atoms with van der Waals surface area (Å²) in [5.74, 6) is -2.39. The molecule has 98 valence electrons. The number of nitrogens with one attached hydrogen (secondary N) is 1. The van der Waals surface area contributed by atoms with Crippen LogP contribution < -0.4 is 5.32 Å². The molecule has 0 atom stereocenters. The third-order valence-corrected chi connectivity index (χ3v) is 3.05. The Morgan fingerprint density at radius 2 is 1.89 bits per heavy atom. The van der Waals surface area contributed by atoms with Gasteiger partial charge in [-0.05, 0) is 52.3 Å². The van der Waals surface area contributed by atoms with Gasteiger partial charge in [0.05, 0.1) is 15.7 Å².